The number of H-pyrrole nitrogens is 1. The van der Waals surface area contributed by atoms with Crippen LogP contribution in [0.4, 0.5) is 11.5 Å². The fourth-order valence-corrected chi connectivity index (χ4v) is 5.56. The second-order valence-corrected chi connectivity index (χ2v) is 10.4. The van der Waals surface area contributed by atoms with Crippen molar-refractivity contribution in [2.75, 3.05) is 36.4 Å². The third kappa shape index (κ3) is 5.39. The number of benzene rings is 1. The standard InChI is InChI=1S/C29H34N8O/c30-22-5-4-12-36(18-22)17-20-10-11-31-26(15-20)29(38)34-23-8-6-21(7-9-23)25-16-24-27(35-25)32-19-33-28(24)37-13-2-1-3-14-37/h6-11,15-16,19,22H,1-5,12-14,17-18,30H2,(H,34,38)(H,32,33,35)/t22-/m1/s1. The van der Waals surface area contributed by atoms with Gasteiger partial charge in [0.15, 0.2) is 0 Å². The molecule has 0 spiro atoms. The fourth-order valence-electron chi connectivity index (χ4n) is 5.56. The first-order chi connectivity index (χ1) is 18.6. The van der Waals surface area contributed by atoms with E-state index in [1.54, 1.807) is 12.5 Å². The van der Waals surface area contributed by atoms with Crippen LogP contribution < -0.4 is 16.0 Å². The highest BCUT2D eigenvalue weighted by Crippen LogP contribution is 2.30. The van der Waals surface area contributed by atoms with Gasteiger partial charge < -0.3 is 20.9 Å². The Morgan fingerprint density at radius 3 is 2.66 bits per heavy atom. The van der Waals surface area contributed by atoms with Crippen molar-refractivity contribution in [3.63, 3.8) is 0 Å². The molecule has 0 unspecified atom stereocenters. The van der Waals surface area contributed by atoms with E-state index in [-0.39, 0.29) is 11.9 Å². The van der Waals surface area contributed by atoms with E-state index < -0.39 is 0 Å². The van der Waals surface area contributed by atoms with Crippen molar-refractivity contribution >= 4 is 28.4 Å². The monoisotopic (exact) mass is 510 g/mol. The summed E-state index contributed by atoms with van der Waals surface area (Å²) < 4.78 is 0. The van der Waals surface area contributed by atoms with Gasteiger partial charge in [-0.15, -0.1) is 0 Å². The highest BCUT2D eigenvalue weighted by atomic mass is 16.1. The first kappa shape index (κ1) is 24.5. The Kier molecular flexibility index (Phi) is 7.02. The number of carbonyl (C=O) groups excluding carboxylic acids is 1. The van der Waals surface area contributed by atoms with E-state index in [1.165, 1.54) is 19.3 Å². The van der Waals surface area contributed by atoms with Crippen molar-refractivity contribution < 1.29 is 4.79 Å². The van der Waals surface area contributed by atoms with E-state index in [4.69, 9.17) is 5.73 Å². The molecule has 3 aromatic heterocycles. The van der Waals surface area contributed by atoms with Gasteiger partial charge in [-0.2, -0.15) is 0 Å². The van der Waals surface area contributed by atoms with Gasteiger partial charge in [0.25, 0.3) is 5.91 Å². The minimum Gasteiger partial charge on any atom is -0.356 e. The van der Waals surface area contributed by atoms with Crippen LogP contribution in [0, 0.1) is 0 Å². The van der Waals surface area contributed by atoms with Crippen LogP contribution in [-0.2, 0) is 6.54 Å². The Morgan fingerprint density at radius 2 is 1.84 bits per heavy atom. The Bertz CT molecular complexity index is 1410. The molecular formula is C29H34N8O. The van der Waals surface area contributed by atoms with Crippen molar-refractivity contribution in [1.29, 1.82) is 0 Å². The average Bonchev–Trinajstić information content (AvgIpc) is 3.39. The van der Waals surface area contributed by atoms with Crippen LogP contribution in [0.5, 0.6) is 0 Å². The number of aromatic nitrogens is 4. The molecule has 2 aliphatic heterocycles. The zero-order valence-corrected chi connectivity index (χ0v) is 21.6. The number of piperidine rings is 2. The zero-order chi connectivity index (χ0) is 25.9. The summed E-state index contributed by atoms with van der Waals surface area (Å²) in [5, 5.41) is 4.02. The first-order valence-electron chi connectivity index (χ1n) is 13.6. The van der Waals surface area contributed by atoms with Crippen molar-refractivity contribution in [2.24, 2.45) is 5.73 Å². The molecule has 0 saturated carbocycles. The van der Waals surface area contributed by atoms with Gasteiger partial charge in [0.1, 0.15) is 23.5 Å². The Hall–Kier alpha value is -3.82. The lowest BCUT2D eigenvalue weighted by atomic mass is 10.1. The number of rotatable bonds is 6. The molecule has 0 aliphatic carbocycles. The van der Waals surface area contributed by atoms with Crippen molar-refractivity contribution in [3.05, 3.63) is 66.2 Å². The highest BCUT2D eigenvalue weighted by molar-refractivity contribution is 6.03. The van der Waals surface area contributed by atoms with Gasteiger partial charge in [-0.25, -0.2) is 9.97 Å². The van der Waals surface area contributed by atoms with Crippen LogP contribution in [0.1, 0.15) is 48.2 Å². The predicted molar refractivity (Wildman–Crippen MR) is 150 cm³/mol. The molecule has 2 aliphatic rings. The molecule has 0 radical (unpaired) electrons. The molecule has 9 heteroatoms. The molecule has 2 fully saturated rings. The molecule has 0 bridgehead atoms. The number of hydrogen-bond donors (Lipinski definition) is 3. The Balaban J connectivity index is 1.14. The number of aromatic amines is 1. The number of carbonyl (C=O) groups is 1. The van der Waals surface area contributed by atoms with Crippen molar-refractivity contribution in [3.8, 4) is 11.3 Å². The largest absolute Gasteiger partial charge is 0.356 e. The summed E-state index contributed by atoms with van der Waals surface area (Å²) in [5.74, 6) is 0.779. The summed E-state index contributed by atoms with van der Waals surface area (Å²) in [6.07, 6.45) is 9.20. The average molecular weight is 511 g/mol. The lowest BCUT2D eigenvalue weighted by Gasteiger charge is -2.30. The predicted octanol–water partition coefficient (Wildman–Crippen LogP) is 4.19. The van der Waals surface area contributed by atoms with Gasteiger partial charge in [0.2, 0.25) is 0 Å². The summed E-state index contributed by atoms with van der Waals surface area (Å²) in [6.45, 7) is 4.76. The maximum absolute atomic E-state index is 12.9. The van der Waals surface area contributed by atoms with E-state index in [0.717, 1.165) is 84.9 Å². The Morgan fingerprint density at radius 1 is 1.00 bits per heavy atom. The molecular weight excluding hydrogens is 476 g/mol. The number of amides is 1. The molecule has 1 aromatic carbocycles. The lowest BCUT2D eigenvalue weighted by molar-refractivity contribution is 0.102. The molecule has 38 heavy (non-hydrogen) atoms. The maximum atomic E-state index is 12.9. The molecule has 4 aromatic rings. The minimum atomic E-state index is -0.220. The van der Waals surface area contributed by atoms with Gasteiger partial charge in [0, 0.05) is 49.8 Å². The number of hydrogen-bond acceptors (Lipinski definition) is 7. The second-order valence-electron chi connectivity index (χ2n) is 10.4. The Labute approximate surface area is 222 Å². The zero-order valence-electron chi connectivity index (χ0n) is 21.6. The summed E-state index contributed by atoms with van der Waals surface area (Å²) in [6, 6.07) is 14.0. The summed E-state index contributed by atoms with van der Waals surface area (Å²) in [4.78, 5) is 34.4. The van der Waals surface area contributed by atoms with Crippen molar-refractivity contribution in [1.82, 2.24) is 24.8 Å². The lowest BCUT2D eigenvalue weighted by Crippen LogP contribution is -2.42. The number of nitrogens with one attached hydrogen (secondary N) is 2. The van der Waals surface area contributed by atoms with E-state index >= 15 is 0 Å². The third-order valence-electron chi connectivity index (χ3n) is 7.52. The molecule has 2 saturated heterocycles. The molecule has 4 N–H and O–H groups in total. The molecule has 196 valence electrons. The van der Waals surface area contributed by atoms with Crippen LogP contribution in [0.25, 0.3) is 22.3 Å². The highest BCUT2D eigenvalue weighted by Gasteiger charge is 2.19. The van der Waals surface area contributed by atoms with Crippen LogP contribution in [0.15, 0.2) is 55.0 Å². The SMILES string of the molecule is N[C@@H]1CCCN(Cc2ccnc(C(=O)Nc3ccc(-c4cc5c(N6CCCCC6)ncnc5[nH]4)cc3)c2)C1. The number of nitrogens with two attached hydrogens (primary N) is 1. The molecule has 5 heterocycles. The van der Waals surface area contributed by atoms with E-state index in [2.05, 4.69) is 41.1 Å². The summed E-state index contributed by atoms with van der Waals surface area (Å²) in [5.41, 5.74) is 11.2. The van der Waals surface area contributed by atoms with Crippen LogP contribution in [0.2, 0.25) is 0 Å². The van der Waals surface area contributed by atoms with E-state index in [1.807, 2.05) is 36.4 Å². The molecule has 9 nitrogen and oxygen atoms in total. The molecule has 1 atom stereocenters. The number of nitrogens with zero attached hydrogens (tertiary/aromatic N) is 5. The van der Waals surface area contributed by atoms with Gasteiger partial charge in [-0.1, -0.05) is 12.1 Å². The molecule has 1 amide bonds. The van der Waals surface area contributed by atoms with E-state index in [9.17, 15) is 4.79 Å². The van der Waals surface area contributed by atoms with Gasteiger partial charge >= 0.3 is 0 Å². The van der Waals surface area contributed by atoms with Gasteiger partial charge in [0.05, 0.1) is 5.39 Å². The second kappa shape index (κ2) is 10.9. The number of pyridine rings is 1. The van der Waals surface area contributed by atoms with Crippen LogP contribution in [-0.4, -0.2) is 63.0 Å². The number of likely N-dealkylation sites (tertiary alicyclic amines) is 1. The maximum Gasteiger partial charge on any atom is 0.274 e. The smallest absolute Gasteiger partial charge is 0.274 e. The minimum absolute atomic E-state index is 0.220. The van der Waals surface area contributed by atoms with Gasteiger partial charge in [-0.05, 0) is 80.1 Å². The first-order valence-corrected chi connectivity index (χ1v) is 13.6. The number of fused-ring (bicyclic) bond motifs is 1. The van der Waals surface area contributed by atoms with Gasteiger partial charge in [-0.3, -0.25) is 14.7 Å². The summed E-state index contributed by atoms with van der Waals surface area (Å²) >= 11 is 0. The topological polar surface area (TPSA) is 116 Å². The third-order valence-corrected chi connectivity index (χ3v) is 7.52. The molecule has 6 rings (SSSR count). The quantitative estimate of drug-likeness (QED) is 0.356. The fraction of sp³-hybridized carbons (Fsp3) is 0.379. The van der Waals surface area contributed by atoms with Crippen molar-refractivity contribution in [2.45, 2.75) is 44.7 Å². The van der Waals surface area contributed by atoms with E-state index in [0.29, 0.717) is 5.69 Å². The normalized spacial score (nSPS) is 18.6. The van der Waals surface area contributed by atoms with Crippen LogP contribution in [0.3, 0.4) is 0 Å². The summed E-state index contributed by atoms with van der Waals surface area (Å²) in [7, 11) is 0. The number of anilines is 2. The van der Waals surface area contributed by atoms with Crippen LogP contribution >= 0.6 is 0 Å².